The third-order valence-electron chi connectivity index (χ3n) is 16.2. The van der Waals surface area contributed by atoms with Crippen LogP contribution in [-0.4, -0.2) is 82.3 Å². The van der Waals surface area contributed by atoms with Crippen molar-refractivity contribution in [3.63, 3.8) is 0 Å². The van der Waals surface area contributed by atoms with Crippen LogP contribution in [0.3, 0.4) is 0 Å². The molecule has 9 heteroatoms. The second-order valence-electron chi connectivity index (χ2n) is 25.9. The summed E-state index contributed by atoms with van der Waals surface area (Å²) < 4.78 is 22.8. The van der Waals surface area contributed by atoms with E-state index in [9.17, 15) is 19.5 Å². The van der Waals surface area contributed by atoms with Crippen LogP contribution in [-0.2, 0) is 33.3 Å². The zero-order chi connectivity index (χ0) is 61.9. The summed E-state index contributed by atoms with van der Waals surface area (Å²) in [6.45, 7) is 4.69. The van der Waals surface area contributed by atoms with E-state index in [-0.39, 0.29) is 32.2 Å². The van der Waals surface area contributed by atoms with Gasteiger partial charge in [0.25, 0.3) is 0 Å². The lowest BCUT2D eigenvalue weighted by Crippen LogP contribution is -2.44. The first-order valence-corrected chi connectivity index (χ1v) is 36.4. The molecule has 0 saturated heterocycles. The number of carbonyl (C=O) groups is 3. The van der Waals surface area contributed by atoms with Crippen molar-refractivity contribution in [1.29, 1.82) is 0 Å². The van der Waals surface area contributed by atoms with Gasteiger partial charge >= 0.3 is 11.9 Å². The van der Waals surface area contributed by atoms with Gasteiger partial charge in [0.05, 0.1) is 40.3 Å². The van der Waals surface area contributed by atoms with Crippen LogP contribution in [0.15, 0.2) is 60.8 Å². The number of allylic oxidation sites excluding steroid dienone is 10. The van der Waals surface area contributed by atoms with Crippen LogP contribution < -0.4 is 5.11 Å². The molecule has 0 aliphatic heterocycles. The van der Waals surface area contributed by atoms with Crippen LogP contribution in [0.5, 0.6) is 0 Å². The second kappa shape index (κ2) is 66.9. The second-order valence-corrected chi connectivity index (χ2v) is 25.9. The van der Waals surface area contributed by atoms with Crippen molar-refractivity contribution in [3.8, 4) is 0 Å². The highest BCUT2D eigenvalue weighted by molar-refractivity contribution is 5.70. The lowest BCUT2D eigenvalue weighted by Gasteiger charge is -2.26. The minimum atomic E-state index is -1.62. The molecule has 0 aliphatic carbocycles. The molecule has 0 spiro atoms. The summed E-state index contributed by atoms with van der Waals surface area (Å²) in [5, 5.41) is 11.8. The molecule has 0 rings (SSSR count). The van der Waals surface area contributed by atoms with Gasteiger partial charge in [-0.1, -0.05) is 319 Å². The quantitative estimate of drug-likeness (QED) is 0.0195. The van der Waals surface area contributed by atoms with Gasteiger partial charge in [0.1, 0.15) is 13.2 Å². The molecule has 2 atom stereocenters. The summed E-state index contributed by atoms with van der Waals surface area (Å²) in [7, 11) is 5.94. The first-order chi connectivity index (χ1) is 41.6. The number of rotatable bonds is 68. The summed E-state index contributed by atoms with van der Waals surface area (Å²) in [6.07, 6.45) is 84.6. The highest BCUT2D eigenvalue weighted by Gasteiger charge is 2.22. The molecule has 496 valence electrons. The van der Waals surface area contributed by atoms with Crippen molar-refractivity contribution in [2.45, 2.75) is 360 Å². The maximum atomic E-state index is 12.9. The topological polar surface area (TPSA) is 111 Å². The van der Waals surface area contributed by atoms with Gasteiger partial charge in [0, 0.05) is 12.8 Å². The van der Waals surface area contributed by atoms with Crippen molar-refractivity contribution in [1.82, 2.24) is 0 Å². The fraction of sp³-hybridized carbons (Fsp3) is 0.829. The number of nitrogens with zero attached hydrogens (tertiary/aromatic N) is 1. The summed E-state index contributed by atoms with van der Waals surface area (Å²) >= 11 is 0. The lowest BCUT2D eigenvalue weighted by molar-refractivity contribution is -0.870. The Hall–Kier alpha value is -3.01. The largest absolute Gasteiger partial charge is 0.545 e. The maximum Gasteiger partial charge on any atom is 0.306 e. The molecule has 0 aromatic heterocycles. The molecular weight excluding hydrogens is 1050 g/mol. The van der Waals surface area contributed by atoms with Crippen LogP contribution in [0.4, 0.5) is 0 Å². The van der Waals surface area contributed by atoms with Crippen molar-refractivity contribution >= 4 is 17.9 Å². The lowest BCUT2D eigenvalue weighted by atomic mass is 10.0. The average Bonchev–Trinajstić information content (AvgIpc) is 3.49. The molecule has 0 aromatic carbocycles. The molecule has 0 amide bonds. The van der Waals surface area contributed by atoms with Crippen LogP contribution in [0.2, 0.25) is 0 Å². The van der Waals surface area contributed by atoms with E-state index in [2.05, 4.69) is 74.6 Å². The number of esters is 2. The molecule has 9 nitrogen and oxygen atoms in total. The van der Waals surface area contributed by atoms with Crippen molar-refractivity contribution in [2.75, 3.05) is 47.5 Å². The molecule has 0 heterocycles. The highest BCUT2D eigenvalue weighted by Crippen LogP contribution is 2.19. The Kier molecular flexibility index (Phi) is 64.6. The predicted molar refractivity (Wildman–Crippen MR) is 362 cm³/mol. The summed E-state index contributed by atoms with van der Waals surface area (Å²) in [5.41, 5.74) is 0. The van der Waals surface area contributed by atoms with Gasteiger partial charge in [-0.05, 0) is 77.0 Å². The number of carboxylic acid groups (broad SMARTS) is 1. The SMILES string of the molecule is CC/C=C\C/C=C\C/C=C\C/C=C\CCCCCCCCCCCCCCC(=O)OC(COC(=O)CCCCCCCCCCCCCCCCCCCCCCCCC/C=C\CCCCCCCCCC)COC(OCC[N+](C)(C)C)C(=O)[O-]. The molecule has 0 bridgehead atoms. The summed E-state index contributed by atoms with van der Waals surface area (Å²) in [6, 6.07) is 0. The Balaban J connectivity index is 4.02. The standard InChI is InChI=1S/C76H139NO8/c1-6-8-10-12-14-16-18-20-22-24-26-28-30-32-33-34-35-36-37-38-39-40-41-43-44-46-48-50-52-54-56-58-60-62-64-66-73(78)83-70-72(71-84-76(75(80)81)82-69-68-77(3,4)5)85-74(79)67-65-63-61-59-57-55-53-51-49-47-45-42-31-29-27-25-23-21-19-17-15-13-11-9-7-2/h9,11,15,17,21,23-24,26-27,29,72,76H,6-8,10,12-14,16,18-20,22,25,28,30-71H2,1-5H3/b11-9-,17-15-,23-21-,26-24-,29-27-. The Morgan fingerprint density at radius 3 is 1.01 bits per heavy atom. The van der Waals surface area contributed by atoms with Gasteiger partial charge in [-0.25, -0.2) is 0 Å². The van der Waals surface area contributed by atoms with Crippen molar-refractivity contribution < 1.29 is 42.9 Å². The molecule has 0 N–H and O–H groups in total. The van der Waals surface area contributed by atoms with E-state index in [1.54, 1.807) is 0 Å². The fourth-order valence-electron chi connectivity index (χ4n) is 10.7. The Morgan fingerprint density at radius 2 is 0.671 bits per heavy atom. The minimum Gasteiger partial charge on any atom is -0.545 e. The molecular formula is C76H139NO8. The number of quaternary nitrogens is 1. The van der Waals surface area contributed by atoms with Gasteiger partial charge in [0.15, 0.2) is 12.4 Å². The fourth-order valence-corrected chi connectivity index (χ4v) is 10.7. The van der Waals surface area contributed by atoms with E-state index >= 15 is 0 Å². The van der Waals surface area contributed by atoms with Crippen LogP contribution in [0.25, 0.3) is 0 Å². The van der Waals surface area contributed by atoms with Gasteiger partial charge in [-0.2, -0.15) is 0 Å². The van der Waals surface area contributed by atoms with Crippen LogP contribution in [0.1, 0.15) is 348 Å². The smallest absolute Gasteiger partial charge is 0.306 e. The summed E-state index contributed by atoms with van der Waals surface area (Å²) in [4.78, 5) is 37.5. The monoisotopic (exact) mass is 1190 g/mol. The third kappa shape index (κ3) is 68.3. The first kappa shape index (κ1) is 82.0. The van der Waals surface area contributed by atoms with Gasteiger partial charge in [-0.3, -0.25) is 9.59 Å². The summed E-state index contributed by atoms with van der Waals surface area (Å²) in [5.74, 6) is -2.27. The molecule has 0 radical (unpaired) electrons. The minimum absolute atomic E-state index is 0.148. The van der Waals surface area contributed by atoms with E-state index in [4.69, 9.17) is 18.9 Å². The number of hydrogen-bond acceptors (Lipinski definition) is 8. The zero-order valence-electron chi connectivity index (χ0n) is 56.7. The number of likely N-dealkylation sites (N-methyl/N-ethyl adjacent to an activating group) is 1. The predicted octanol–water partition coefficient (Wildman–Crippen LogP) is 21.4. The van der Waals surface area contributed by atoms with Crippen molar-refractivity contribution in [3.05, 3.63) is 60.8 Å². The molecule has 0 saturated carbocycles. The normalized spacial score (nSPS) is 13.0. The van der Waals surface area contributed by atoms with Crippen LogP contribution >= 0.6 is 0 Å². The van der Waals surface area contributed by atoms with Gasteiger partial charge in [0.2, 0.25) is 0 Å². The number of aliphatic carboxylic acids is 1. The Bertz CT molecular complexity index is 1580. The van der Waals surface area contributed by atoms with E-state index in [0.29, 0.717) is 23.9 Å². The molecule has 85 heavy (non-hydrogen) atoms. The molecule has 2 unspecified atom stereocenters. The number of carboxylic acids is 1. The number of ether oxygens (including phenoxy) is 4. The van der Waals surface area contributed by atoms with Crippen LogP contribution in [0, 0.1) is 0 Å². The Labute approximate surface area is 526 Å². The molecule has 0 aliphatic rings. The first-order valence-electron chi connectivity index (χ1n) is 36.4. The number of hydrogen-bond donors (Lipinski definition) is 0. The van der Waals surface area contributed by atoms with Gasteiger partial charge in [-0.15, -0.1) is 0 Å². The molecule has 0 fully saturated rings. The third-order valence-corrected chi connectivity index (χ3v) is 16.2. The Morgan fingerprint density at radius 1 is 0.365 bits per heavy atom. The average molecular weight is 1190 g/mol. The molecule has 0 aromatic rings. The van der Waals surface area contributed by atoms with Crippen molar-refractivity contribution in [2.24, 2.45) is 0 Å². The van der Waals surface area contributed by atoms with E-state index < -0.39 is 24.3 Å². The van der Waals surface area contributed by atoms with E-state index in [1.807, 2.05) is 21.1 Å². The van der Waals surface area contributed by atoms with E-state index in [0.717, 1.165) is 64.2 Å². The zero-order valence-corrected chi connectivity index (χ0v) is 56.7. The maximum absolute atomic E-state index is 12.9. The number of unbranched alkanes of at least 4 members (excludes halogenated alkanes) is 43. The highest BCUT2D eigenvalue weighted by atomic mass is 16.7. The number of carbonyl (C=O) groups excluding carboxylic acids is 3. The van der Waals surface area contributed by atoms with Gasteiger partial charge < -0.3 is 33.3 Å². The van der Waals surface area contributed by atoms with E-state index in [1.165, 1.54) is 250 Å².